The number of aliphatic imine (C=N–C) groups is 1. The van der Waals surface area contributed by atoms with Crippen LogP contribution in [0.15, 0.2) is 58.4 Å². The third-order valence-electron chi connectivity index (χ3n) is 4.89. The van der Waals surface area contributed by atoms with Crippen LogP contribution < -0.4 is 20.7 Å². The van der Waals surface area contributed by atoms with E-state index in [1.54, 1.807) is 31.3 Å². The van der Waals surface area contributed by atoms with Crippen LogP contribution in [0.1, 0.15) is 23.5 Å². The van der Waals surface area contributed by atoms with Gasteiger partial charge >= 0.3 is 0 Å². The van der Waals surface area contributed by atoms with Crippen LogP contribution in [-0.4, -0.2) is 47.0 Å². The van der Waals surface area contributed by atoms with Gasteiger partial charge in [0.2, 0.25) is 15.9 Å². The minimum Gasteiger partial charge on any atom is -0.356 e. The second kappa shape index (κ2) is 11.4. The first-order valence-electron chi connectivity index (χ1n) is 9.78. The second-order valence-corrected chi connectivity index (χ2v) is 8.89. The average Bonchev–Trinajstić information content (AvgIpc) is 2.73. The van der Waals surface area contributed by atoms with Crippen molar-refractivity contribution in [3.05, 3.63) is 59.7 Å². The highest BCUT2D eigenvalue weighted by Crippen LogP contribution is 2.31. The lowest BCUT2D eigenvalue weighted by Crippen LogP contribution is -2.43. The second-order valence-electron chi connectivity index (χ2n) is 7.13. The molecule has 2 aromatic rings. The number of nitrogens with one attached hydrogen (secondary N) is 4. The van der Waals surface area contributed by atoms with Gasteiger partial charge in [-0.25, -0.2) is 13.1 Å². The highest BCUT2D eigenvalue weighted by atomic mass is 127. The molecule has 0 saturated heterocycles. The van der Waals surface area contributed by atoms with Gasteiger partial charge in [-0.1, -0.05) is 35.9 Å². The van der Waals surface area contributed by atoms with Crippen LogP contribution in [-0.2, 0) is 14.8 Å². The van der Waals surface area contributed by atoms with E-state index in [0.29, 0.717) is 25.5 Å². The molecule has 0 spiro atoms. The molecule has 1 amide bonds. The summed E-state index contributed by atoms with van der Waals surface area (Å²) in [5.41, 5.74) is 2.93. The molecule has 1 aliphatic heterocycles. The molecule has 1 aliphatic rings. The molecule has 10 heteroatoms. The van der Waals surface area contributed by atoms with Crippen LogP contribution in [0.2, 0.25) is 0 Å². The molecule has 0 fully saturated rings. The van der Waals surface area contributed by atoms with Gasteiger partial charge in [-0.3, -0.25) is 9.79 Å². The number of halogens is 1. The van der Waals surface area contributed by atoms with Crippen LogP contribution in [0.4, 0.5) is 5.69 Å². The molecule has 0 bridgehead atoms. The molecule has 0 radical (unpaired) electrons. The molecule has 4 N–H and O–H groups in total. The molecule has 0 aliphatic carbocycles. The molecule has 2 aromatic carbocycles. The molecule has 1 heterocycles. The van der Waals surface area contributed by atoms with Gasteiger partial charge in [0.1, 0.15) is 0 Å². The zero-order valence-electron chi connectivity index (χ0n) is 17.5. The van der Waals surface area contributed by atoms with Gasteiger partial charge in [-0.15, -0.1) is 24.0 Å². The van der Waals surface area contributed by atoms with Gasteiger partial charge in [-0.2, -0.15) is 0 Å². The topological polar surface area (TPSA) is 112 Å². The van der Waals surface area contributed by atoms with Gasteiger partial charge < -0.3 is 16.0 Å². The van der Waals surface area contributed by atoms with E-state index in [2.05, 4.69) is 25.7 Å². The average molecular weight is 557 g/mol. The van der Waals surface area contributed by atoms with Gasteiger partial charge in [-0.05, 0) is 30.7 Å². The number of amides is 1. The Balaban J connectivity index is 0.00000341. The fourth-order valence-electron chi connectivity index (χ4n) is 3.29. The van der Waals surface area contributed by atoms with Crippen molar-refractivity contribution in [2.45, 2.75) is 24.2 Å². The maximum Gasteiger partial charge on any atom is 0.240 e. The predicted molar refractivity (Wildman–Crippen MR) is 134 cm³/mol. The Morgan fingerprint density at radius 3 is 2.52 bits per heavy atom. The van der Waals surface area contributed by atoms with Gasteiger partial charge in [0.15, 0.2) is 5.96 Å². The predicted octanol–water partition coefficient (Wildman–Crippen LogP) is 2.18. The third-order valence-corrected chi connectivity index (χ3v) is 6.36. The summed E-state index contributed by atoms with van der Waals surface area (Å²) in [6.45, 7) is 3.03. The van der Waals surface area contributed by atoms with Crippen LogP contribution in [0.25, 0.3) is 0 Å². The summed E-state index contributed by atoms with van der Waals surface area (Å²) in [7, 11) is -1.90. The number of benzene rings is 2. The fraction of sp³-hybridized carbons (Fsp3) is 0.333. The number of nitrogens with zero attached hydrogens (tertiary/aromatic N) is 1. The van der Waals surface area contributed by atoms with Crippen molar-refractivity contribution < 1.29 is 13.2 Å². The summed E-state index contributed by atoms with van der Waals surface area (Å²) in [6.07, 6.45) is 0.400. The molecule has 1 unspecified atom stereocenters. The van der Waals surface area contributed by atoms with Gasteiger partial charge in [0.05, 0.1) is 4.90 Å². The van der Waals surface area contributed by atoms with Crippen LogP contribution in [0.3, 0.4) is 0 Å². The molecule has 1 atom stereocenters. The summed E-state index contributed by atoms with van der Waals surface area (Å²) in [5.74, 6) is 0.579. The van der Waals surface area contributed by atoms with Crippen molar-refractivity contribution in [1.82, 2.24) is 15.4 Å². The number of rotatable bonds is 7. The Kier molecular flexibility index (Phi) is 9.26. The number of guanidine groups is 1. The Morgan fingerprint density at radius 2 is 1.81 bits per heavy atom. The summed E-state index contributed by atoms with van der Waals surface area (Å²) in [4.78, 5) is 16.3. The number of hydrogen-bond donors (Lipinski definition) is 4. The van der Waals surface area contributed by atoms with E-state index in [1.807, 2.05) is 31.2 Å². The fourth-order valence-corrected chi connectivity index (χ4v) is 4.32. The number of fused-ring (bicyclic) bond motifs is 1. The van der Waals surface area contributed by atoms with Crippen LogP contribution in [0, 0.1) is 6.92 Å². The number of hydrogen-bond acceptors (Lipinski definition) is 4. The molecule has 0 saturated carbocycles. The maximum absolute atomic E-state index is 12.3. The Hall–Kier alpha value is -2.18. The maximum atomic E-state index is 12.3. The van der Waals surface area contributed by atoms with Gasteiger partial charge in [0, 0.05) is 44.7 Å². The molecule has 3 rings (SSSR count). The zero-order valence-corrected chi connectivity index (χ0v) is 20.7. The molecular formula is C21H28IN5O3S. The largest absolute Gasteiger partial charge is 0.356 e. The van der Waals surface area contributed by atoms with Crippen molar-refractivity contribution >= 4 is 51.6 Å². The van der Waals surface area contributed by atoms with E-state index < -0.39 is 10.0 Å². The van der Waals surface area contributed by atoms with E-state index in [-0.39, 0.29) is 47.2 Å². The highest BCUT2D eigenvalue weighted by molar-refractivity contribution is 14.0. The highest BCUT2D eigenvalue weighted by Gasteiger charge is 2.24. The first kappa shape index (κ1) is 25.1. The van der Waals surface area contributed by atoms with Crippen molar-refractivity contribution in [2.24, 2.45) is 4.99 Å². The number of carbonyl (C=O) groups excluding carboxylic acids is 1. The van der Waals surface area contributed by atoms with E-state index in [0.717, 1.165) is 16.8 Å². The summed E-state index contributed by atoms with van der Waals surface area (Å²) < 4.78 is 27.2. The third kappa shape index (κ3) is 6.91. The summed E-state index contributed by atoms with van der Waals surface area (Å²) in [6, 6.07) is 14.5. The van der Waals surface area contributed by atoms with Crippen molar-refractivity contribution in [3.63, 3.8) is 0 Å². The lowest BCUT2D eigenvalue weighted by atomic mass is 9.90. The monoisotopic (exact) mass is 557 g/mol. The molecule has 0 aromatic heterocycles. The molecule has 31 heavy (non-hydrogen) atoms. The Morgan fingerprint density at radius 1 is 1.10 bits per heavy atom. The quantitative estimate of drug-likeness (QED) is 0.181. The number of anilines is 1. The number of sulfonamides is 1. The van der Waals surface area contributed by atoms with Crippen molar-refractivity contribution in [3.8, 4) is 0 Å². The molecule has 168 valence electrons. The van der Waals surface area contributed by atoms with Crippen molar-refractivity contribution in [2.75, 3.05) is 32.0 Å². The van der Waals surface area contributed by atoms with Gasteiger partial charge in [0.25, 0.3) is 0 Å². The van der Waals surface area contributed by atoms with Crippen molar-refractivity contribution in [1.29, 1.82) is 0 Å². The van der Waals surface area contributed by atoms with E-state index >= 15 is 0 Å². The van der Waals surface area contributed by atoms with Crippen LogP contribution >= 0.6 is 24.0 Å². The van der Waals surface area contributed by atoms with E-state index in [1.165, 1.54) is 0 Å². The zero-order chi connectivity index (χ0) is 21.6. The minimum atomic E-state index is -3.55. The van der Waals surface area contributed by atoms with E-state index in [9.17, 15) is 13.2 Å². The normalized spacial score (nSPS) is 16.0. The molecule has 8 nitrogen and oxygen atoms in total. The van der Waals surface area contributed by atoms with Crippen LogP contribution in [0.5, 0.6) is 0 Å². The summed E-state index contributed by atoms with van der Waals surface area (Å²) in [5, 5.41) is 9.19. The van der Waals surface area contributed by atoms with E-state index in [4.69, 9.17) is 0 Å². The number of para-hydroxylation sites is 1. The first-order chi connectivity index (χ1) is 14.4. The SMILES string of the molecule is CN=C(NCCNS(=O)(=O)c1ccc(C)cc1)NCC1CC(=O)Nc2ccccc21.I. The summed E-state index contributed by atoms with van der Waals surface area (Å²) >= 11 is 0. The lowest BCUT2D eigenvalue weighted by molar-refractivity contribution is -0.116. The Labute approximate surface area is 200 Å². The minimum absolute atomic E-state index is 0. The number of aryl methyl sites for hydroxylation is 1. The lowest BCUT2D eigenvalue weighted by Gasteiger charge is -2.26. The Bertz CT molecular complexity index is 1030. The molecular weight excluding hydrogens is 529 g/mol. The smallest absolute Gasteiger partial charge is 0.240 e. The standard InChI is InChI=1S/C21H27N5O3S.HI/c1-15-7-9-17(10-8-15)30(28,29)25-12-11-23-21(22-2)24-14-16-13-20(27)26-19-6-4-3-5-18(16)19;/h3-10,16,25H,11-14H2,1-2H3,(H,26,27)(H2,22,23,24);1H. The first-order valence-corrected chi connectivity index (χ1v) is 11.3. The number of carbonyl (C=O) groups is 1.